The second-order valence-electron chi connectivity index (χ2n) is 7.28. The van der Waals surface area contributed by atoms with Gasteiger partial charge >= 0.3 is 5.97 Å². The van der Waals surface area contributed by atoms with Crippen molar-refractivity contribution in [2.45, 2.75) is 26.8 Å². The summed E-state index contributed by atoms with van der Waals surface area (Å²) in [6.07, 6.45) is 0. The van der Waals surface area contributed by atoms with Crippen molar-refractivity contribution in [1.29, 1.82) is 0 Å². The molecule has 0 saturated heterocycles. The van der Waals surface area contributed by atoms with Crippen LogP contribution in [0.3, 0.4) is 0 Å². The maximum atomic E-state index is 13.1. The maximum Gasteiger partial charge on any atom is 0.338 e. The number of rotatable bonds is 7. The van der Waals surface area contributed by atoms with Gasteiger partial charge < -0.3 is 14.4 Å². The van der Waals surface area contributed by atoms with Crippen LogP contribution in [0.5, 0.6) is 5.75 Å². The summed E-state index contributed by atoms with van der Waals surface area (Å²) in [5, 5.41) is 13.8. The molecule has 1 atom stereocenters. The monoisotopic (exact) mass is 465 g/mol. The third-order valence-electron chi connectivity index (χ3n) is 5.31. The molecular formula is C24H23N3O5S. The number of thioether (sulfide) groups is 1. The molecular weight excluding hydrogens is 442 g/mol. The third-order valence-corrected chi connectivity index (χ3v) is 6.15. The molecule has 0 spiro atoms. The third kappa shape index (κ3) is 4.23. The predicted octanol–water partition coefficient (Wildman–Crippen LogP) is 5.29. The van der Waals surface area contributed by atoms with E-state index < -0.39 is 16.9 Å². The Balaban J connectivity index is 1.86. The first-order valence-corrected chi connectivity index (χ1v) is 11.4. The van der Waals surface area contributed by atoms with Crippen molar-refractivity contribution in [3.63, 3.8) is 0 Å². The lowest BCUT2D eigenvalue weighted by Crippen LogP contribution is -2.36. The number of para-hydroxylation sites is 1. The maximum absolute atomic E-state index is 13.1. The molecule has 2 aliphatic heterocycles. The Bertz CT molecular complexity index is 1190. The molecule has 33 heavy (non-hydrogen) atoms. The fraction of sp³-hybridized carbons (Fsp3) is 0.250. The van der Waals surface area contributed by atoms with Crippen molar-refractivity contribution in [2.75, 3.05) is 13.2 Å². The number of hydrogen-bond acceptors (Lipinski definition) is 8. The number of amidine groups is 1. The normalized spacial score (nSPS) is 17.3. The number of nitro groups is 1. The van der Waals surface area contributed by atoms with Gasteiger partial charge in [0.05, 0.1) is 41.1 Å². The van der Waals surface area contributed by atoms with E-state index in [-0.39, 0.29) is 12.3 Å². The van der Waals surface area contributed by atoms with Gasteiger partial charge in [-0.05, 0) is 44.5 Å². The number of nitro benzene ring substituents is 1. The van der Waals surface area contributed by atoms with Crippen molar-refractivity contribution in [3.05, 3.63) is 86.5 Å². The van der Waals surface area contributed by atoms with Gasteiger partial charge in [0.15, 0.2) is 5.17 Å². The Hall–Kier alpha value is -3.59. The molecule has 2 heterocycles. The van der Waals surface area contributed by atoms with Crippen LogP contribution in [0.2, 0.25) is 0 Å². The van der Waals surface area contributed by atoms with E-state index in [1.54, 1.807) is 26.0 Å². The van der Waals surface area contributed by atoms with Crippen LogP contribution in [0.15, 0.2) is 70.2 Å². The van der Waals surface area contributed by atoms with Gasteiger partial charge in [0.2, 0.25) is 0 Å². The molecule has 0 amide bonds. The Morgan fingerprint density at radius 3 is 2.55 bits per heavy atom. The first-order valence-electron chi connectivity index (χ1n) is 10.5. The second kappa shape index (κ2) is 9.50. The average Bonchev–Trinajstić information content (AvgIpc) is 3.22. The molecule has 0 radical (unpaired) electrons. The van der Waals surface area contributed by atoms with E-state index in [0.717, 1.165) is 16.8 Å². The lowest BCUT2D eigenvalue weighted by atomic mass is 9.92. The number of allylic oxidation sites excluding steroid dienone is 1. The molecule has 9 heteroatoms. The second-order valence-corrected chi connectivity index (χ2v) is 8.12. The largest absolute Gasteiger partial charge is 0.494 e. The summed E-state index contributed by atoms with van der Waals surface area (Å²) >= 11 is 1.44. The highest BCUT2D eigenvalue weighted by Crippen LogP contribution is 2.48. The Kier molecular flexibility index (Phi) is 6.50. The first-order chi connectivity index (χ1) is 16.0. The molecule has 2 aliphatic rings. The van der Waals surface area contributed by atoms with Gasteiger partial charge in [-0.25, -0.2) is 9.79 Å². The van der Waals surface area contributed by atoms with E-state index in [2.05, 4.69) is 4.99 Å². The lowest BCUT2D eigenvalue weighted by molar-refractivity contribution is -0.384. The summed E-state index contributed by atoms with van der Waals surface area (Å²) in [4.78, 5) is 30.4. The zero-order chi connectivity index (χ0) is 23.5. The van der Waals surface area contributed by atoms with Crippen LogP contribution in [0, 0.1) is 10.1 Å². The van der Waals surface area contributed by atoms with Gasteiger partial charge in [0, 0.05) is 23.1 Å². The molecule has 0 fully saturated rings. The van der Waals surface area contributed by atoms with Crippen LogP contribution in [0.25, 0.3) is 5.70 Å². The summed E-state index contributed by atoms with van der Waals surface area (Å²) in [6, 6.07) is 13.4. The molecule has 0 aliphatic carbocycles. The highest BCUT2D eigenvalue weighted by molar-refractivity contribution is 8.16. The fourth-order valence-corrected chi connectivity index (χ4v) is 4.88. The van der Waals surface area contributed by atoms with Crippen molar-refractivity contribution in [3.8, 4) is 5.75 Å². The Morgan fingerprint density at radius 2 is 1.88 bits per heavy atom. The molecule has 0 saturated carbocycles. The summed E-state index contributed by atoms with van der Waals surface area (Å²) in [5.74, 6) is 0.231. The minimum atomic E-state index is -0.532. The smallest absolute Gasteiger partial charge is 0.338 e. The van der Waals surface area contributed by atoms with Crippen LogP contribution in [-0.4, -0.2) is 34.2 Å². The van der Waals surface area contributed by atoms with E-state index in [1.165, 1.54) is 23.9 Å². The van der Waals surface area contributed by atoms with E-state index in [4.69, 9.17) is 9.47 Å². The van der Waals surface area contributed by atoms with Crippen LogP contribution in [0.1, 0.15) is 37.9 Å². The van der Waals surface area contributed by atoms with Gasteiger partial charge in [-0.2, -0.15) is 0 Å². The topological polar surface area (TPSA) is 94.3 Å². The number of fused-ring (bicyclic) bond motifs is 1. The van der Waals surface area contributed by atoms with Gasteiger partial charge in [-0.1, -0.05) is 30.0 Å². The van der Waals surface area contributed by atoms with E-state index in [9.17, 15) is 14.9 Å². The molecule has 0 N–H and O–H groups in total. The number of esters is 1. The molecule has 0 bridgehead atoms. The number of nitrogens with zero attached hydrogens (tertiary/aromatic N) is 3. The highest BCUT2D eigenvalue weighted by Gasteiger charge is 2.42. The van der Waals surface area contributed by atoms with Gasteiger partial charge in [-0.15, -0.1) is 0 Å². The Labute approximate surface area is 195 Å². The molecule has 0 aromatic heterocycles. The molecule has 2 aromatic rings. The Morgan fingerprint density at radius 1 is 1.15 bits per heavy atom. The van der Waals surface area contributed by atoms with E-state index >= 15 is 0 Å². The number of aliphatic imine (C=N–C) groups is 1. The number of carbonyl (C=O) groups excluding carboxylic acids is 1. The van der Waals surface area contributed by atoms with Crippen LogP contribution < -0.4 is 4.74 Å². The van der Waals surface area contributed by atoms with E-state index in [0.29, 0.717) is 28.8 Å². The molecule has 2 aromatic carbocycles. The molecule has 0 unspecified atom stereocenters. The molecule has 170 valence electrons. The zero-order valence-corrected chi connectivity index (χ0v) is 19.3. The lowest BCUT2D eigenvalue weighted by Gasteiger charge is -2.37. The number of carbonyl (C=O) groups is 1. The summed E-state index contributed by atoms with van der Waals surface area (Å²) in [5.41, 5.74) is 3.41. The fourth-order valence-electron chi connectivity index (χ4n) is 3.90. The number of ether oxygens (including phenoxy) is 2. The minimum Gasteiger partial charge on any atom is -0.494 e. The van der Waals surface area contributed by atoms with E-state index in [1.807, 2.05) is 41.5 Å². The highest BCUT2D eigenvalue weighted by atomic mass is 32.2. The quantitative estimate of drug-likeness (QED) is 0.312. The van der Waals surface area contributed by atoms with Crippen LogP contribution >= 0.6 is 11.8 Å². The van der Waals surface area contributed by atoms with Gasteiger partial charge in [0.25, 0.3) is 5.69 Å². The van der Waals surface area contributed by atoms with Gasteiger partial charge in [-0.3, -0.25) is 10.1 Å². The van der Waals surface area contributed by atoms with Crippen molar-refractivity contribution in [1.82, 2.24) is 4.90 Å². The van der Waals surface area contributed by atoms with Crippen molar-refractivity contribution >= 4 is 34.3 Å². The number of non-ortho nitro benzene ring substituents is 1. The number of hydrogen-bond donors (Lipinski definition) is 0. The number of benzene rings is 2. The summed E-state index contributed by atoms with van der Waals surface area (Å²) in [7, 11) is 0. The zero-order valence-electron chi connectivity index (χ0n) is 18.5. The SMILES string of the molecule is CCOC(=O)C1=C(C)N=C2SC=C(c3ccc([N+](=O)[O-])cc3)N2[C@H]1c1ccccc1OCC. The predicted molar refractivity (Wildman–Crippen MR) is 128 cm³/mol. The summed E-state index contributed by atoms with van der Waals surface area (Å²) < 4.78 is 11.3. The summed E-state index contributed by atoms with van der Waals surface area (Å²) in [6.45, 7) is 6.19. The average molecular weight is 466 g/mol. The van der Waals surface area contributed by atoms with Crippen LogP contribution in [-0.2, 0) is 9.53 Å². The minimum absolute atomic E-state index is 0.0127. The molecule has 8 nitrogen and oxygen atoms in total. The van der Waals surface area contributed by atoms with Crippen molar-refractivity contribution < 1.29 is 19.2 Å². The van der Waals surface area contributed by atoms with Gasteiger partial charge in [0.1, 0.15) is 5.75 Å². The van der Waals surface area contributed by atoms with Crippen molar-refractivity contribution in [2.24, 2.45) is 4.99 Å². The standard InChI is InChI=1S/C24H23N3O5S/c1-4-31-20-9-7-6-8-18(20)22-21(23(28)32-5-2)15(3)25-24-26(22)19(14-33-24)16-10-12-17(13-11-16)27(29)30/h6-14,22H,4-5H2,1-3H3/t22-/m0/s1. The molecule has 4 rings (SSSR count). The van der Waals surface area contributed by atoms with Crippen LogP contribution in [0.4, 0.5) is 5.69 Å². The first kappa shape index (κ1) is 22.6.